The SMILES string of the molecule is C[C@@H](c1ncncc1F)[C@](O)(Cn1cncn1)c1cc([N+](=O)[O-])c(NCCC(=O)O)cc1F. The topological polar surface area (TPSA) is 169 Å². The van der Waals surface area contributed by atoms with Crippen LogP contribution in [0.25, 0.3) is 0 Å². The Kier molecular flexibility index (Phi) is 6.86. The summed E-state index contributed by atoms with van der Waals surface area (Å²) in [6.45, 7) is 0.755. The second kappa shape index (κ2) is 9.60. The highest BCUT2D eigenvalue weighted by Gasteiger charge is 2.43. The van der Waals surface area contributed by atoms with E-state index >= 15 is 4.39 Å². The number of carboxylic acids is 1. The van der Waals surface area contributed by atoms with Gasteiger partial charge < -0.3 is 15.5 Å². The van der Waals surface area contributed by atoms with E-state index in [9.17, 15) is 24.4 Å². The van der Waals surface area contributed by atoms with Crippen molar-refractivity contribution in [2.45, 2.75) is 31.4 Å². The molecule has 0 aliphatic heterocycles. The van der Waals surface area contributed by atoms with Crippen LogP contribution in [0.5, 0.6) is 0 Å². The molecule has 3 N–H and O–H groups in total. The van der Waals surface area contributed by atoms with Crippen molar-refractivity contribution >= 4 is 17.3 Å². The van der Waals surface area contributed by atoms with E-state index in [4.69, 9.17) is 5.11 Å². The summed E-state index contributed by atoms with van der Waals surface area (Å²) in [6, 6.07) is 1.61. The first kappa shape index (κ1) is 23.6. The predicted molar refractivity (Wildman–Crippen MR) is 108 cm³/mol. The first-order chi connectivity index (χ1) is 15.6. The zero-order valence-corrected chi connectivity index (χ0v) is 17.2. The molecule has 0 amide bonds. The molecular weight excluding hydrogens is 444 g/mol. The molecule has 0 radical (unpaired) electrons. The fraction of sp³-hybridized carbons (Fsp3) is 0.316. The lowest BCUT2D eigenvalue weighted by Crippen LogP contribution is -2.39. The largest absolute Gasteiger partial charge is 0.481 e. The molecule has 33 heavy (non-hydrogen) atoms. The van der Waals surface area contributed by atoms with Crippen LogP contribution in [0.2, 0.25) is 0 Å². The van der Waals surface area contributed by atoms with Crippen molar-refractivity contribution in [3.05, 3.63) is 70.3 Å². The van der Waals surface area contributed by atoms with Crippen molar-refractivity contribution in [3.63, 3.8) is 0 Å². The molecule has 2 heterocycles. The Morgan fingerprint density at radius 3 is 2.67 bits per heavy atom. The van der Waals surface area contributed by atoms with Crippen LogP contribution in [0.4, 0.5) is 20.2 Å². The van der Waals surface area contributed by atoms with Crippen LogP contribution in [0, 0.1) is 21.7 Å². The van der Waals surface area contributed by atoms with Crippen molar-refractivity contribution < 1.29 is 28.7 Å². The third kappa shape index (κ3) is 5.06. The van der Waals surface area contributed by atoms with Crippen LogP contribution in [0.3, 0.4) is 0 Å². The van der Waals surface area contributed by atoms with Crippen LogP contribution in [-0.4, -0.2) is 52.4 Å². The highest BCUT2D eigenvalue weighted by molar-refractivity contribution is 5.69. The van der Waals surface area contributed by atoms with Gasteiger partial charge in [-0.15, -0.1) is 0 Å². The van der Waals surface area contributed by atoms with E-state index in [0.717, 1.165) is 24.7 Å². The number of rotatable bonds is 10. The Hall–Kier alpha value is -4.07. The maximum atomic E-state index is 15.3. The summed E-state index contributed by atoms with van der Waals surface area (Å²) in [5, 5.41) is 38.5. The molecule has 174 valence electrons. The molecule has 0 spiro atoms. The van der Waals surface area contributed by atoms with E-state index in [0.29, 0.717) is 0 Å². The molecule has 0 fully saturated rings. The Labute approximate surface area is 185 Å². The number of aromatic nitrogens is 5. The molecule has 0 aliphatic carbocycles. The second-order valence-corrected chi connectivity index (χ2v) is 7.17. The summed E-state index contributed by atoms with van der Waals surface area (Å²) in [5.41, 5.74) is -3.87. The van der Waals surface area contributed by atoms with E-state index in [2.05, 4.69) is 25.4 Å². The van der Waals surface area contributed by atoms with Crippen molar-refractivity contribution in [3.8, 4) is 0 Å². The number of nitrogens with zero attached hydrogens (tertiary/aromatic N) is 6. The lowest BCUT2D eigenvalue weighted by atomic mass is 9.79. The minimum absolute atomic E-state index is 0.194. The average Bonchev–Trinajstić information content (AvgIpc) is 3.25. The van der Waals surface area contributed by atoms with Gasteiger partial charge >= 0.3 is 5.97 Å². The van der Waals surface area contributed by atoms with Gasteiger partial charge in [-0.1, -0.05) is 6.92 Å². The number of nitrogens with one attached hydrogen (secondary N) is 1. The van der Waals surface area contributed by atoms with Gasteiger partial charge in [0.05, 0.1) is 29.8 Å². The Morgan fingerprint density at radius 2 is 2.06 bits per heavy atom. The molecule has 2 atom stereocenters. The van der Waals surface area contributed by atoms with Gasteiger partial charge in [0.15, 0.2) is 5.82 Å². The molecule has 12 nitrogen and oxygen atoms in total. The van der Waals surface area contributed by atoms with Gasteiger partial charge in [-0.2, -0.15) is 5.10 Å². The third-order valence-corrected chi connectivity index (χ3v) is 5.09. The van der Waals surface area contributed by atoms with Gasteiger partial charge in [0.25, 0.3) is 5.69 Å². The maximum absolute atomic E-state index is 15.3. The van der Waals surface area contributed by atoms with Crippen LogP contribution in [0.15, 0.2) is 37.3 Å². The molecule has 1 aromatic carbocycles. The van der Waals surface area contributed by atoms with Crippen LogP contribution >= 0.6 is 0 Å². The molecule has 14 heteroatoms. The first-order valence-corrected chi connectivity index (χ1v) is 9.57. The highest BCUT2D eigenvalue weighted by Crippen LogP contribution is 2.42. The Bertz CT molecular complexity index is 1160. The standard InChI is InChI=1S/C19H19F2N7O5/c1-11(18-14(21)6-22-8-25-18)19(31,7-27-10-23-9-26-27)12-4-16(28(32)33)15(5-13(12)20)24-3-2-17(29)30/h4-6,8-11,24,31H,2-3,7H2,1H3,(H,29,30)/t11-,19+/m0/s1. The predicted octanol–water partition coefficient (Wildman–Crippen LogP) is 1.83. The molecule has 3 rings (SSSR count). The number of carboxylic acid groups (broad SMARTS) is 1. The number of nitro benzene ring substituents is 1. The van der Waals surface area contributed by atoms with E-state index in [1.807, 2.05) is 0 Å². The number of carbonyl (C=O) groups is 1. The average molecular weight is 463 g/mol. The minimum Gasteiger partial charge on any atom is -0.481 e. The number of hydrogen-bond acceptors (Lipinski definition) is 9. The Morgan fingerprint density at radius 1 is 1.30 bits per heavy atom. The smallest absolute Gasteiger partial charge is 0.305 e. The summed E-state index contributed by atoms with van der Waals surface area (Å²) < 4.78 is 30.8. The number of hydrogen-bond donors (Lipinski definition) is 3. The minimum atomic E-state index is -2.25. The zero-order chi connectivity index (χ0) is 24.2. The van der Waals surface area contributed by atoms with Crippen molar-refractivity contribution in [2.24, 2.45) is 0 Å². The summed E-state index contributed by atoms with van der Waals surface area (Å²) in [4.78, 5) is 32.7. The molecular formula is C19H19F2N7O5. The third-order valence-electron chi connectivity index (χ3n) is 5.09. The van der Waals surface area contributed by atoms with Gasteiger partial charge in [-0.3, -0.25) is 14.9 Å². The molecule has 0 unspecified atom stereocenters. The highest BCUT2D eigenvalue weighted by atomic mass is 19.1. The number of nitro groups is 1. The van der Waals surface area contributed by atoms with E-state index < -0.39 is 51.8 Å². The summed E-state index contributed by atoms with van der Waals surface area (Å²) in [5.74, 6) is -4.25. The molecule has 3 aromatic rings. The van der Waals surface area contributed by atoms with Crippen molar-refractivity contribution in [1.29, 1.82) is 0 Å². The normalized spacial score (nSPS) is 13.8. The van der Waals surface area contributed by atoms with Gasteiger partial charge in [0.2, 0.25) is 0 Å². The second-order valence-electron chi connectivity index (χ2n) is 7.17. The first-order valence-electron chi connectivity index (χ1n) is 9.57. The number of anilines is 1. The summed E-state index contributed by atoms with van der Waals surface area (Å²) in [6.07, 6.45) is 3.98. The lowest BCUT2D eigenvalue weighted by Gasteiger charge is -2.34. The van der Waals surface area contributed by atoms with E-state index in [-0.39, 0.29) is 24.3 Å². The fourth-order valence-electron chi connectivity index (χ4n) is 3.37. The molecule has 0 saturated heterocycles. The number of benzene rings is 1. The van der Waals surface area contributed by atoms with Crippen LogP contribution < -0.4 is 5.32 Å². The van der Waals surface area contributed by atoms with Crippen molar-refractivity contribution in [2.75, 3.05) is 11.9 Å². The van der Waals surface area contributed by atoms with Gasteiger partial charge in [0.1, 0.15) is 36.1 Å². The van der Waals surface area contributed by atoms with Gasteiger partial charge in [0, 0.05) is 30.2 Å². The monoisotopic (exact) mass is 463 g/mol. The zero-order valence-electron chi connectivity index (χ0n) is 17.2. The molecule has 0 aliphatic rings. The van der Waals surface area contributed by atoms with E-state index in [1.165, 1.54) is 24.3 Å². The lowest BCUT2D eigenvalue weighted by molar-refractivity contribution is -0.384. The quantitative estimate of drug-likeness (QED) is 0.298. The molecule has 2 aromatic heterocycles. The molecule has 0 saturated carbocycles. The van der Waals surface area contributed by atoms with Crippen LogP contribution in [0.1, 0.15) is 30.5 Å². The molecule has 0 bridgehead atoms. The van der Waals surface area contributed by atoms with Gasteiger partial charge in [-0.25, -0.2) is 28.4 Å². The summed E-state index contributed by atoms with van der Waals surface area (Å²) in [7, 11) is 0. The number of aliphatic carboxylic acids is 1. The van der Waals surface area contributed by atoms with E-state index in [1.54, 1.807) is 0 Å². The van der Waals surface area contributed by atoms with Gasteiger partial charge in [-0.05, 0) is 0 Å². The summed E-state index contributed by atoms with van der Waals surface area (Å²) >= 11 is 0. The maximum Gasteiger partial charge on any atom is 0.305 e. The fourth-order valence-corrected chi connectivity index (χ4v) is 3.37. The number of halogens is 2. The van der Waals surface area contributed by atoms with Crippen molar-refractivity contribution in [1.82, 2.24) is 24.7 Å². The Balaban J connectivity index is 2.13. The number of aliphatic hydroxyl groups is 1. The van der Waals surface area contributed by atoms with Crippen LogP contribution in [-0.2, 0) is 16.9 Å².